The van der Waals surface area contributed by atoms with E-state index in [0.717, 1.165) is 42.5 Å². The van der Waals surface area contributed by atoms with Crippen LogP contribution in [-0.4, -0.2) is 68.8 Å². The molecule has 12 nitrogen and oxygen atoms in total. The highest BCUT2D eigenvalue weighted by Crippen LogP contribution is 2.36. The van der Waals surface area contributed by atoms with Crippen LogP contribution in [0.1, 0.15) is 75.7 Å². The molecule has 4 N–H and O–H groups in total. The molecule has 2 fully saturated rings. The first kappa shape index (κ1) is 37.6. The van der Waals surface area contributed by atoms with E-state index >= 15 is 0 Å². The molecule has 0 saturated carbocycles. The first-order valence-corrected chi connectivity index (χ1v) is 16.5. The molecule has 2 aliphatic rings. The molecule has 4 atom stereocenters. The van der Waals surface area contributed by atoms with E-state index < -0.39 is 12.1 Å². The van der Waals surface area contributed by atoms with Crippen molar-refractivity contribution in [3.05, 3.63) is 83.6 Å². The molecule has 0 radical (unpaired) electrons. The fraction of sp³-hybridized carbons (Fsp3) is 0.472. The highest BCUT2D eigenvalue weighted by molar-refractivity contribution is 5.89. The number of nitrogens with one attached hydrogen (secondary N) is 1. The number of benzene rings is 2. The predicted octanol–water partition coefficient (Wildman–Crippen LogP) is 6.01. The lowest BCUT2D eigenvalue weighted by Gasteiger charge is -2.38. The Labute approximate surface area is 282 Å². The molecule has 5 rings (SSSR count). The Morgan fingerprint density at radius 2 is 1.42 bits per heavy atom. The van der Waals surface area contributed by atoms with Crippen LogP contribution in [0.15, 0.2) is 66.7 Å². The van der Waals surface area contributed by atoms with Crippen molar-refractivity contribution in [2.45, 2.75) is 78.2 Å². The number of nitrogens with two attached hydrogens (primary N) is 1. The monoisotopic (exact) mass is 660 g/mol. The van der Waals surface area contributed by atoms with Crippen LogP contribution in [-0.2, 0) is 27.5 Å². The number of likely N-dealkylation sites (tertiary alicyclic amines) is 2. The van der Waals surface area contributed by atoms with E-state index in [1.165, 1.54) is 4.90 Å². The summed E-state index contributed by atoms with van der Waals surface area (Å²) in [6, 6.07) is 22.2. The third-order valence-electron chi connectivity index (χ3n) is 8.27. The number of nitrogens with zero attached hydrogens (tertiary/aromatic N) is 4. The molecule has 3 aromatic rings. The molecular formula is C36H48N6O6. The Hall–Kier alpha value is -4.89. The van der Waals surface area contributed by atoms with Gasteiger partial charge in [-0.3, -0.25) is 19.7 Å². The maximum Gasteiger partial charge on any atom is 0.410 e. The van der Waals surface area contributed by atoms with Crippen molar-refractivity contribution >= 4 is 23.8 Å². The summed E-state index contributed by atoms with van der Waals surface area (Å²) >= 11 is 0. The number of ketones is 1. The Morgan fingerprint density at radius 1 is 0.917 bits per heavy atom. The van der Waals surface area contributed by atoms with Crippen LogP contribution >= 0.6 is 0 Å². The number of anilines is 1. The van der Waals surface area contributed by atoms with E-state index in [4.69, 9.17) is 25.6 Å². The number of aliphatic hydroxyl groups excluding tert-OH is 1. The molecule has 1 aromatic heterocycles. The molecule has 2 amide bonds. The SMILES string of the molecule is CC1CCCN(C(=O)OCc2ccccc2)C1C(=O)CC#N.CC1CCCN(C(=O)OCc2ccccc2)C1c1cc(N)n[nH]1.CCO. The van der Waals surface area contributed by atoms with Crippen molar-refractivity contribution < 1.29 is 29.0 Å². The second-order valence-electron chi connectivity index (χ2n) is 12.0. The number of aromatic amines is 1. The van der Waals surface area contributed by atoms with Gasteiger partial charge in [0.15, 0.2) is 5.78 Å². The van der Waals surface area contributed by atoms with Crippen molar-refractivity contribution in [2.75, 3.05) is 25.4 Å². The van der Waals surface area contributed by atoms with Crippen LogP contribution in [0.4, 0.5) is 15.4 Å². The number of hydrogen-bond acceptors (Lipinski definition) is 9. The zero-order valence-electron chi connectivity index (χ0n) is 28.1. The van der Waals surface area contributed by atoms with E-state index in [1.54, 1.807) is 17.9 Å². The molecule has 258 valence electrons. The summed E-state index contributed by atoms with van der Waals surface area (Å²) < 4.78 is 10.8. The van der Waals surface area contributed by atoms with Gasteiger partial charge in [0.1, 0.15) is 19.0 Å². The van der Waals surface area contributed by atoms with E-state index in [9.17, 15) is 14.4 Å². The molecule has 48 heavy (non-hydrogen) atoms. The number of nitrogen functional groups attached to an aromatic ring is 1. The maximum absolute atomic E-state index is 12.5. The molecular weight excluding hydrogens is 612 g/mol. The Bertz CT molecular complexity index is 1460. The first-order valence-electron chi connectivity index (χ1n) is 16.5. The lowest BCUT2D eigenvalue weighted by molar-refractivity contribution is -0.125. The minimum Gasteiger partial charge on any atom is -0.445 e. The Kier molecular flexibility index (Phi) is 15.4. The fourth-order valence-corrected chi connectivity index (χ4v) is 6.04. The van der Waals surface area contributed by atoms with Gasteiger partial charge in [-0.25, -0.2) is 9.59 Å². The minimum absolute atomic E-state index is 0.0545. The quantitative estimate of drug-likeness (QED) is 0.274. The van der Waals surface area contributed by atoms with Gasteiger partial charge < -0.3 is 20.3 Å². The lowest BCUT2D eigenvalue weighted by atomic mass is 9.87. The van der Waals surface area contributed by atoms with Crippen LogP contribution in [0.5, 0.6) is 0 Å². The number of aliphatic hydroxyl groups is 1. The number of H-pyrrole nitrogens is 1. The first-order chi connectivity index (χ1) is 23.2. The summed E-state index contributed by atoms with van der Waals surface area (Å²) in [5.74, 6) is 0.619. The average molecular weight is 661 g/mol. The zero-order valence-corrected chi connectivity index (χ0v) is 28.1. The number of rotatable bonds is 7. The van der Waals surface area contributed by atoms with Gasteiger partial charge in [0.2, 0.25) is 0 Å². The molecule has 2 saturated heterocycles. The number of hydrogen-bond donors (Lipinski definition) is 3. The Morgan fingerprint density at radius 3 is 1.92 bits per heavy atom. The summed E-state index contributed by atoms with van der Waals surface area (Å²) in [4.78, 5) is 40.2. The predicted molar refractivity (Wildman–Crippen MR) is 181 cm³/mol. The van der Waals surface area contributed by atoms with Crippen LogP contribution in [0.3, 0.4) is 0 Å². The van der Waals surface area contributed by atoms with Gasteiger partial charge in [-0.1, -0.05) is 74.5 Å². The van der Waals surface area contributed by atoms with Crippen LogP contribution < -0.4 is 5.73 Å². The smallest absolute Gasteiger partial charge is 0.410 e. The molecule has 3 heterocycles. The van der Waals surface area contributed by atoms with Crippen molar-refractivity contribution in [3.63, 3.8) is 0 Å². The number of carbonyl (C=O) groups excluding carboxylic acids is 3. The second kappa shape index (κ2) is 19.7. The Balaban J connectivity index is 0.000000241. The molecule has 2 aromatic carbocycles. The molecule has 4 unspecified atom stereocenters. The van der Waals surface area contributed by atoms with Gasteiger partial charge in [0.05, 0.1) is 30.3 Å². The highest BCUT2D eigenvalue weighted by Gasteiger charge is 2.38. The molecule has 2 aliphatic heterocycles. The summed E-state index contributed by atoms with van der Waals surface area (Å²) in [5.41, 5.74) is 8.46. The van der Waals surface area contributed by atoms with Crippen LogP contribution in [0.25, 0.3) is 0 Å². The summed E-state index contributed by atoms with van der Waals surface area (Å²) in [7, 11) is 0. The van der Waals surface area contributed by atoms with Gasteiger partial charge >= 0.3 is 12.2 Å². The molecule has 0 spiro atoms. The van der Waals surface area contributed by atoms with Gasteiger partial charge in [0, 0.05) is 25.8 Å². The largest absolute Gasteiger partial charge is 0.445 e. The van der Waals surface area contributed by atoms with Gasteiger partial charge in [0.25, 0.3) is 0 Å². The third kappa shape index (κ3) is 11.1. The number of aromatic nitrogens is 2. The highest BCUT2D eigenvalue weighted by atomic mass is 16.6. The van der Waals surface area contributed by atoms with E-state index in [0.29, 0.717) is 24.8 Å². The topological polar surface area (TPSA) is 175 Å². The average Bonchev–Trinajstić information content (AvgIpc) is 3.53. The number of ether oxygens (including phenoxy) is 2. The standard InChI is InChI=1S/C17H22N4O2.C17H20N2O3.C2H6O/c1-12-6-5-9-21(16(12)14-10-15(18)20-19-14)17(22)23-11-13-7-3-2-4-8-13;1-13-6-5-11-19(16(13)15(20)9-10-18)17(21)22-12-14-7-3-2-4-8-14;1-2-3/h2-4,7-8,10,12,16H,5-6,9,11H2,1H3,(H3,18,19,20);2-4,7-8,13,16H,5-6,9,11-12H2,1H3;3H,2H2,1H3. The summed E-state index contributed by atoms with van der Waals surface area (Å²) in [6.07, 6.45) is 2.82. The number of amides is 2. The van der Waals surface area contributed by atoms with E-state index in [1.807, 2.05) is 73.7 Å². The molecule has 0 aliphatic carbocycles. The second-order valence-corrected chi connectivity index (χ2v) is 12.0. The molecule has 0 bridgehead atoms. The van der Waals surface area contributed by atoms with Crippen LogP contribution in [0, 0.1) is 23.2 Å². The van der Waals surface area contributed by atoms with Gasteiger partial charge in [-0.05, 0) is 55.6 Å². The van der Waals surface area contributed by atoms with E-state index in [2.05, 4.69) is 17.1 Å². The summed E-state index contributed by atoms with van der Waals surface area (Å²) in [5, 5.41) is 23.2. The van der Waals surface area contributed by atoms with Crippen molar-refractivity contribution in [3.8, 4) is 6.07 Å². The number of piperidine rings is 2. The number of nitriles is 1. The number of Topliss-reactive ketones (excluding diaryl/α,β-unsaturated/α-hetero) is 1. The zero-order chi connectivity index (χ0) is 34.9. The normalized spacial score (nSPS) is 20.1. The minimum atomic E-state index is -0.545. The maximum atomic E-state index is 12.5. The fourth-order valence-electron chi connectivity index (χ4n) is 6.04. The summed E-state index contributed by atoms with van der Waals surface area (Å²) in [6.45, 7) is 7.66. The van der Waals surface area contributed by atoms with E-state index in [-0.39, 0.29) is 50.1 Å². The molecule has 12 heteroatoms. The lowest BCUT2D eigenvalue weighted by Crippen LogP contribution is -2.52. The number of carbonyl (C=O) groups is 3. The van der Waals surface area contributed by atoms with Gasteiger partial charge in [-0.15, -0.1) is 0 Å². The van der Waals surface area contributed by atoms with Crippen molar-refractivity contribution in [2.24, 2.45) is 11.8 Å². The van der Waals surface area contributed by atoms with Crippen molar-refractivity contribution in [1.29, 1.82) is 5.26 Å². The van der Waals surface area contributed by atoms with Crippen molar-refractivity contribution in [1.82, 2.24) is 20.0 Å². The third-order valence-corrected chi connectivity index (χ3v) is 8.27. The van der Waals surface area contributed by atoms with Crippen LogP contribution in [0.2, 0.25) is 0 Å². The van der Waals surface area contributed by atoms with Gasteiger partial charge in [-0.2, -0.15) is 10.4 Å².